The number of anilines is 1. The fourth-order valence-corrected chi connectivity index (χ4v) is 3.56. The van der Waals surface area contributed by atoms with Crippen LogP contribution in [0.1, 0.15) is 12.5 Å². The number of nitrogens with zero attached hydrogens (tertiary/aromatic N) is 2. The van der Waals surface area contributed by atoms with Gasteiger partial charge in [-0.05, 0) is 17.7 Å². The number of hydrogen-bond donors (Lipinski definition) is 1. The molecule has 3 nitrogen and oxygen atoms in total. The highest BCUT2D eigenvalue weighted by atomic mass is 32.2. The Balaban J connectivity index is 2.04. The first kappa shape index (κ1) is 12.8. The van der Waals surface area contributed by atoms with Crippen molar-refractivity contribution >= 4 is 28.5 Å². The molecule has 0 bridgehead atoms. The van der Waals surface area contributed by atoms with Gasteiger partial charge >= 0.3 is 0 Å². The zero-order valence-corrected chi connectivity index (χ0v) is 11.9. The Morgan fingerprint density at radius 3 is 3.05 bits per heavy atom. The number of aliphatic hydroxyl groups excluding tert-OH is 1. The second-order valence-electron chi connectivity index (χ2n) is 4.94. The summed E-state index contributed by atoms with van der Waals surface area (Å²) in [6, 6.07) is 10.1. The number of hydrogen-bond acceptors (Lipinski definition) is 4. The second kappa shape index (κ2) is 5.39. The summed E-state index contributed by atoms with van der Waals surface area (Å²) in [5.74, 6) is 2.14. The van der Waals surface area contributed by atoms with E-state index in [1.165, 1.54) is 0 Å². The maximum atomic E-state index is 9.56. The van der Waals surface area contributed by atoms with Gasteiger partial charge in [-0.3, -0.25) is 0 Å². The number of aliphatic hydroxyl groups is 1. The first-order valence-corrected chi connectivity index (χ1v) is 7.69. The lowest BCUT2D eigenvalue weighted by atomic mass is 10.1. The average molecular weight is 274 g/mol. The zero-order valence-electron chi connectivity index (χ0n) is 11.0. The molecule has 1 saturated heterocycles. The summed E-state index contributed by atoms with van der Waals surface area (Å²) in [5, 5.41) is 11.2. The van der Waals surface area contributed by atoms with Crippen molar-refractivity contribution in [2.45, 2.75) is 18.8 Å². The lowest BCUT2D eigenvalue weighted by Gasteiger charge is -2.32. The number of pyridine rings is 1. The summed E-state index contributed by atoms with van der Waals surface area (Å²) >= 11 is 2.01. The molecule has 3 rings (SSSR count). The number of aromatic nitrogens is 1. The fraction of sp³-hybridized carbons (Fsp3) is 0.400. The van der Waals surface area contributed by atoms with Gasteiger partial charge in [-0.1, -0.05) is 25.1 Å². The van der Waals surface area contributed by atoms with Gasteiger partial charge in [0.1, 0.15) is 5.82 Å². The normalized spacial score (nSPS) is 19.9. The molecular weight excluding hydrogens is 256 g/mol. The molecule has 100 valence electrons. The Hall–Kier alpha value is -1.26. The van der Waals surface area contributed by atoms with Gasteiger partial charge in [0.25, 0.3) is 0 Å². The van der Waals surface area contributed by atoms with Crippen LogP contribution >= 0.6 is 11.8 Å². The molecule has 1 aliphatic heterocycles. The van der Waals surface area contributed by atoms with E-state index in [1.807, 2.05) is 42.1 Å². The van der Waals surface area contributed by atoms with Crippen molar-refractivity contribution in [3.05, 3.63) is 35.9 Å². The smallest absolute Gasteiger partial charge is 0.129 e. The molecule has 4 heteroatoms. The molecule has 1 aromatic heterocycles. The molecule has 0 spiro atoms. The molecule has 0 aliphatic carbocycles. The average Bonchev–Trinajstić information content (AvgIpc) is 2.46. The van der Waals surface area contributed by atoms with Crippen LogP contribution < -0.4 is 4.90 Å². The number of thioether (sulfide) groups is 1. The lowest BCUT2D eigenvalue weighted by molar-refractivity contribution is 0.283. The predicted octanol–water partition coefficient (Wildman–Crippen LogP) is 2.67. The van der Waals surface area contributed by atoms with E-state index in [1.54, 1.807) is 0 Å². The zero-order chi connectivity index (χ0) is 13.2. The van der Waals surface area contributed by atoms with Crippen LogP contribution in [-0.2, 0) is 6.61 Å². The number of fused-ring (bicyclic) bond motifs is 1. The van der Waals surface area contributed by atoms with E-state index in [-0.39, 0.29) is 6.61 Å². The van der Waals surface area contributed by atoms with E-state index in [2.05, 4.69) is 11.8 Å². The van der Waals surface area contributed by atoms with Crippen molar-refractivity contribution in [1.82, 2.24) is 4.98 Å². The van der Waals surface area contributed by atoms with E-state index in [9.17, 15) is 5.11 Å². The van der Waals surface area contributed by atoms with Gasteiger partial charge in [0.2, 0.25) is 0 Å². The molecule has 2 heterocycles. The van der Waals surface area contributed by atoms with Gasteiger partial charge in [-0.25, -0.2) is 4.98 Å². The highest BCUT2D eigenvalue weighted by molar-refractivity contribution is 8.00. The Bertz CT molecular complexity index is 587. The van der Waals surface area contributed by atoms with E-state index in [0.29, 0.717) is 5.25 Å². The second-order valence-corrected chi connectivity index (χ2v) is 6.49. The number of para-hydroxylation sites is 1. The minimum Gasteiger partial charge on any atom is -0.392 e. The third-order valence-electron chi connectivity index (χ3n) is 3.52. The third-order valence-corrected chi connectivity index (χ3v) is 4.66. The summed E-state index contributed by atoms with van der Waals surface area (Å²) < 4.78 is 0. The summed E-state index contributed by atoms with van der Waals surface area (Å²) in [7, 11) is 0. The molecule has 1 aromatic carbocycles. The van der Waals surface area contributed by atoms with Crippen LogP contribution in [0, 0.1) is 0 Å². The van der Waals surface area contributed by atoms with Crippen LogP contribution in [0.25, 0.3) is 10.9 Å². The fourth-order valence-electron chi connectivity index (χ4n) is 2.55. The molecule has 1 atom stereocenters. The quantitative estimate of drug-likeness (QED) is 0.913. The highest BCUT2D eigenvalue weighted by Gasteiger charge is 2.19. The van der Waals surface area contributed by atoms with Crippen molar-refractivity contribution in [1.29, 1.82) is 0 Å². The van der Waals surface area contributed by atoms with Gasteiger partial charge in [0, 0.05) is 29.5 Å². The van der Waals surface area contributed by atoms with Gasteiger partial charge in [0.05, 0.1) is 12.1 Å². The molecule has 0 saturated carbocycles. The van der Waals surface area contributed by atoms with Crippen LogP contribution in [0.3, 0.4) is 0 Å². The molecular formula is C15H18N2OS. The summed E-state index contributed by atoms with van der Waals surface area (Å²) in [4.78, 5) is 7.07. The number of rotatable bonds is 2. The minimum atomic E-state index is 0.0637. The van der Waals surface area contributed by atoms with Crippen LogP contribution in [0.4, 0.5) is 5.82 Å². The maximum Gasteiger partial charge on any atom is 0.129 e. The minimum absolute atomic E-state index is 0.0637. The predicted molar refractivity (Wildman–Crippen MR) is 81.8 cm³/mol. The summed E-state index contributed by atoms with van der Waals surface area (Å²) in [6.07, 6.45) is 0. The first-order valence-electron chi connectivity index (χ1n) is 6.64. The lowest BCUT2D eigenvalue weighted by Crippen LogP contribution is -2.37. The van der Waals surface area contributed by atoms with E-state index in [4.69, 9.17) is 4.98 Å². The van der Waals surface area contributed by atoms with Gasteiger partial charge in [0.15, 0.2) is 0 Å². The molecule has 0 radical (unpaired) electrons. The van der Waals surface area contributed by atoms with E-state index in [0.717, 1.165) is 41.1 Å². The maximum absolute atomic E-state index is 9.56. The standard InChI is InChI=1S/C15H18N2OS/c1-11-9-17(6-7-19-11)15-8-12(10-18)13-4-2-3-5-14(13)16-15/h2-5,8,11,18H,6-7,9-10H2,1H3. The summed E-state index contributed by atoms with van der Waals surface area (Å²) in [5.41, 5.74) is 1.93. The topological polar surface area (TPSA) is 36.4 Å². The Labute approximate surface area is 117 Å². The van der Waals surface area contributed by atoms with Crippen molar-refractivity contribution in [3.63, 3.8) is 0 Å². The molecule has 1 unspecified atom stereocenters. The Kier molecular flexibility index (Phi) is 3.62. The molecule has 1 N–H and O–H groups in total. The van der Waals surface area contributed by atoms with Gasteiger partial charge < -0.3 is 10.0 Å². The SMILES string of the molecule is CC1CN(c2cc(CO)c3ccccc3n2)CCS1. The van der Waals surface area contributed by atoms with Crippen molar-refractivity contribution in [3.8, 4) is 0 Å². The Morgan fingerprint density at radius 2 is 2.26 bits per heavy atom. The largest absolute Gasteiger partial charge is 0.392 e. The Morgan fingerprint density at radius 1 is 1.42 bits per heavy atom. The monoisotopic (exact) mass is 274 g/mol. The molecule has 19 heavy (non-hydrogen) atoms. The van der Waals surface area contributed by atoms with Crippen LogP contribution in [0.15, 0.2) is 30.3 Å². The van der Waals surface area contributed by atoms with E-state index >= 15 is 0 Å². The highest BCUT2D eigenvalue weighted by Crippen LogP contribution is 2.26. The molecule has 0 amide bonds. The van der Waals surface area contributed by atoms with Crippen molar-refractivity contribution < 1.29 is 5.11 Å². The molecule has 2 aromatic rings. The van der Waals surface area contributed by atoms with Crippen molar-refractivity contribution in [2.24, 2.45) is 0 Å². The van der Waals surface area contributed by atoms with Gasteiger partial charge in [-0.15, -0.1) is 0 Å². The van der Waals surface area contributed by atoms with Gasteiger partial charge in [-0.2, -0.15) is 11.8 Å². The first-order chi connectivity index (χ1) is 9.28. The van der Waals surface area contributed by atoms with E-state index < -0.39 is 0 Å². The van der Waals surface area contributed by atoms with Crippen LogP contribution in [0.5, 0.6) is 0 Å². The third kappa shape index (κ3) is 2.55. The number of benzene rings is 1. The van der Waals surface area contributed by atoms with Crippen molar-refractivity contribution in [2.75, 3.05) is 23.7 Å². The van der Waals surface area contributed by atoms with Crippen LogP contribution in [0.2, 0.25) is 0 Å². The molecule has 1 fully saturated rings. The van der Waals surface area contributed by atoms with Crippen LogP contribution in [-0.4, -0.2) is 34.2 Å². The molecule has 1 aliphatic rings. The summed E-state index contributed by atoms with van der Waals surface area (Å²) in [6.45, 7) is 4.38.